The number of ether oxygens (including phenoxy) is 1. The first-order chi connectivity index (χ1) is 11.8. The van der Waals surface area contributed by atoms with Gasteiger partial charge < -0.3 is 14.6 Å². The molecule has 0 aliphatic heterocycles. The van der Waals surface area contributed by atoms with E-state index in [1.165, 1.54) is 5.56 Å². The second-order valence-corrected chi connectivity index (χ2v) is 5.72. The molecule has 24 heavy (non-hydrogen) atoms. The van der Waals surface area contributed by atoms with E-state index in [1.807, 2.05) is 56.4 Å². The highest BCUT2D eigenvalue weighted by atomic mass is 16.5. The van der Waals surface area contributed by atoms with E-state index in [9.17, 15) is 0 Å². The molecule has 3 rings (SSSR count). The summed E-state index contributed by atoms with van der Waals surface area (Å²) in [6.45, 7) is 3.40. The van der Waals surface area contributed by atoms with Crippen molar-refractivity contribution in [3.63, 3.8) is 0 Å². The fourth-order valence-electron chi connectivity index (χ4n) is 2.60. The van der Waals surface area contributed by atoms with E-state index in [4.69, 9.17) is 9.26 Å². The third kappa shape index (κ3) is 3.84. The second kappa shape index (κ2) is 7.79. The summed E-state index contributed by atoms with van der Waals surface area (Å²) in [4.78, 5) is 0. The zero-order valence-corrected chi connectivity index (χ0v) is 14.1. The van der Waals surface area contributed by atoms with Crippen molar-refractivity contribution in [3.05, 3.63) is 71.4 Å². The number of nitrogens with zero attached hydrogens (tertiary/aromatic N) is 1. The first-order valence-electron chi connectivity index (χ1n) is 8.15. The van der Waals surface area contributed by atoms with Crippen LogP contribution in [0.5, 0.6) is 5.75 Å². The quantitative estimate of drug-likeness (QED) is 0.714. The van der Waals surface area contributed by atoms with Crippen LogP contribution in [-0.4, -0.2) is 18.8 Å². The van der Waals surface area contributed by atoms with Gasteiger partial charge in [-0.2, -0.15) is 0 Å². The summed E-state index contributed by atoms with van der Waals surface area (Å²) >= 11 is 0. The molecule has 0 spiro atoms. The first-order valence-corrected chi connectivity index (χ1v) is 8.15. The van der Waals surface area contributed by atoms with Crippen LogP contribution in [0.25, 0.3) is 11.3 Å². The van der Waals surface area contributed by atoms with Crippen molar-refractivity contribution in [1.82, 2.24) is 10.5 Å². The van der Waals surface area contributed by atoms with Gasteiger partial charge in [0.1, 0.15) is 11.4 Å². The molecule has 0 saturated carbocycles. The largest absolute Gasteiger partial charge is 0.493 e. The van der Waals surface area contributed by atoms with Gasteiger partial charge in [0.15, 0.2) is 5.76 Å². The van der Waals surface area contributed by atoms with Crippen LogP contribution in [0.1, 0.15) is 16.8 Å². The molecule has 4 nitrogen and oxygen atoms in total. The second-order valence-electron chi connectivity index (χ2n) is 5.72. The molecule has 3 aromatic rings. The summed E-state index contributed by atoms with van der Waals surface area (Å²) in [6, 6.07) is 18.3. The minimum absolute atomic E-state index is 0.664. The predicted octanol–water partition coefficient (Wildman–Crippen LogP) is 3.99. The maximum Gasteiger partial charge on any atom is 0.170 e. The molecule has 2 aromatic carbocycles. The zero-order chi connectivity index (χ0) is 16.8. The average Bonchev–Trinajstić information content (AvgIpc) is 2.98. The molecule has 0 radical (unpaired) electrons. The third-order valence-corrected chi connectivity index (χ3v) is 3.98. The number of hydrogen-bond donors (Lipinski definition) is 1. The van der Waals surface area contributed by atoms with E-state index in [-0.39, 0.29) is 0 Å². The van der Waals surface area contributed by atoms with Gasteiger partial charge in [-0.15, -0.1) is 0 Å². The van der Waals surface area contributed by atoms with Gasteiger partial charge in [-0.05, 0) is 43.8 Å². The number of benzene rings is 2. The van der Waals surface area contributed by atoms with Crippen molar-refractivity contribution in [2.75, 3.05) is 13.7 Å². The van der Waals surface area contributed by atoms with Gasteiger partial charge in [0.2, 0.25) is 0 Å². The normalized spacial score (nSPS) is 10.8. The Morgan fingerprint density at radius 3 is 2.50 bits per heavy atom. The molecule has 1 N–H and O–H groups in total. The molecule has 0 saturated heterocycles. The molecule has 124 valence electrons. The smallest absolute Gasteiger partial charge is 0.170 e. The molecule has 4 heteroatoms. The molecular formula is C20H22N2O2. The van der Waals surface area contributed by atoms with E-state index in [2.05, 4.69) is 22.6 Å². The van der Waals surface area contributed by atoms with Crippen molar-refractivity contribution in [1.29, 1.82) is 0 Å². The number of aromatic nitrogens is 1. The van der Waals surface area contributed by atoms with Crippen LogP contribution >= 0.6 is 0 Å². The van der Waals surface area contributed by atoms with Crippen LogP contribution in [0.4, 0.5) is 0 Å². The Morgan fingerprint density at radius 1 is 1.04 bits per heavy atom. The highest BCUT2D eigenvalue weighted by Gasteiger charge is 2.13. The topological polar surface area (TPSA) is 47.3 Å². The van der Waals surface area contributed by atoms with Crippen molar-refractivity contribution in [3.8, 4) is 17.1 Å². The van der Waals surface area contributed by atoms with E-state index in [1.54, 1.807) is 0 Å². The highest BCUT2D eigenvalue weighted by Crippen LogP contribution is 2.27. The lowest BCUT2D eigenvalue weighted by atomic mass is 10.1. The lowest BCUT2D eigenvalue weighted by Gasteiger charge is -2.07. The molecule has 0 aliphatic carbocycles. The molecule has 0 bridgehead atoms. The summed E-state index contributed by atoms with van der Waals surface area (Å²) in [5.74, 6) is 1.68. The van der Waals surface area contributed by atoms with Gasteiger partial charge >= 0.3 is 0 Å². The van der Waals surface area contributed by atoms with Crippen molar-refractivity contribution in [2.24, 2.45) is 0 Å². The number of rotatable bonds is 7. The summed E-state index contributed by atoms with van der Waals surface area (Å²) in [6.07, 6.45) is 0.900. The molecule has 0 unspecified atom stereocenters. The van der Waals surface area contributed by atoms with E-state index >= 15 is 0 Å². The standard InChI is InChI=1S/C20H22N2O2/c1-15-19(14-21-2)22-24-20(15)17-8-10-18(11-9-17)23-13-12-16-6-4-3-5-7-16/h3-11,21H,12-14H2,1-2H3. The third-order valence-electron chi connectivity index (χ3n) is 3.98. The number of nitrogens with one attached hydrogen (secondary N) is 1. The molecule has 1 aromatic heterocycles. The molecule has 1 heterocycles. The predicted molar refractivity (Wildman–Crippen MR) is 95.1 cm³/mol. The molecular weight excluding hydrogens is 300 g/mol. The van der Waals surface area contributed by atoms with Gasteiger partial charge in [-0.1, -0.05) is 35.5 Å². The van der Waals surface area contributed by atoms with Gasteiger partial charge in [0.05, 0.1) is 6.61 Å². The molecule has 0 atom stereocenters. The maximum absolute atomic E-state index is 5.82. The van der Waals surface area contributed by atoms with E-state index in [0.29, 0.717) is 13.2 Å². The molecule has 0 amide bonds. The lowest BCUT2D eigenvalue weighted by molar-refractivity contribution is 0.322. The minimum Gasteiger partial charge on any atom is -0.493 e. The fraction of sp³-hybridized carbons (Fsp3) is 0.250. The van der Waals surface area contributed by atoms with Crippen LogP contribution < -0.4 is 10.1 Å². The Kier molecular flexibility index (Phi) is 5.29. The van der Waals surface area contributed by atoms with Crippen molar-refractivity contribution >= 4 is 0 Å². The number of hydrogen-bond acceptors (Lipinski definition) is 4. The molecule has 0 aliphatic rings. The van der Waals surface area contributed by atoms with E-state index < -0.39 is 0 Å². The van der Waals surface area contributed by atoms with Crippen molar-refractivity contribution < 1.29 is 9.26 Å². The highest BCUT2D eigenvalue weighted by molar-refractivity contribution is 5.62. The Labute approximate surface area is 142 Å². The monoisotopic (exact) mass is 322 g/mol. The van der Waals surface area contributed by atoms with Gasteiger partial charge in [0, 0.05) is 24.1 Å². The van der Waals surface area contributed by atoms with Crippen molar-refractivity contribution in [2.45, 2.75) is 19.9 Å². The summed E-state index contributed by atoms with van der Waals surface area (Å²) < 4.78 is 11.3. The SMILES string of the molecule is CNCc1noc(-c2ccc(OCCc3ccccc3)cc2)c1C. The van der Waals surface area contributed by atoms with Gasteiger partial charge in [-0.25, -0.2) is 0 Å². The summed E-state index contributed by atoms with van der Waals surface area (Å²) in [5, 5.41) is 7.21. The van der Waals surface area contributed by atoms with Crippen LogP contribution in [0.3, 0.4) is 0 Å². The summed E-state index contributed by atoms with van der Waals surface area (Å²) in [5.41, 5.74) is 4.30. The Hall–Kier alpha value is -2.59. The Bertz CT molecular complexity index is 764. The zero-order valence-electron chi connectivity index (χ0n) is 14.1. The first kappa shape index (κ1) is 16.3. The van der Waals surface area contributed by atoms with E-state index in [0.717, 1.165) is 34.8 Å². The minimum atomic E-state index is 0.664. The van der Waals surface area contributed by atoms with Crippen LogP contribution in [0.2, 0.25) is 0 Å². The van der Waals surface area contributed by atoms with Gasteiger partial charge in [-0.3, -0.25) is 0 Å². The maximum atomic E-state index is 5.82. The van der Waals surface area contributed by atoms with Crippen LogP contribution in [0, 0.1) is 6.92 Å². The van der Waals surface area contributed by atoms with Gasteiger partial charge in [0.25, 0.3) is 0 Å². The van der Waals surface area contributed by atoms with Crippen LogP contribution in [-0.2, 0) is 13.0 Å². The fourth-order valence-corrected chi connectivity index (χ4v) is 2.60. The van der Waals surface area contributed by atoms with Crippen LogP contribution in [0.15, 0.2) is 59.1 Å². The molecule has 0 fully saturated rings. The Balaban J connectivity index is 1.61. The summed E-state index contributed by atoms with van der Waals surface area (Å²) in [7, 11) is 1.90. The average molecular weight is 322 g/mol. The lowest BCUT2D eigenvalue weighted by Crippen LogP contribution is -2.06. The Morgan fingerprint density at radius 2 is 1.79 bits per heavy atom.